The third kappa shape index (κ3) is 5.38. The highest BCUT2D eigenvalue weighted by molar-refractivity contribution is 5.99. The van der Waals surface area contributed by atoms with Gasteiger partial charge in [-0.1, -0.05) is 19.3 Å². The summed E-state index contributed by atoms with van der Waals surface area (Å²) in [5.41, 5.74) is 2.32. The predicted molar refractivity (Wildman–Crippen MR) is 131 cm³/mol. The van der Waals surface area contributed by atoms with E-state index < -0.39 is 24.0 Å². The fraction of sp³-hybridized carbons (Fsp3) is 0.407. The van der Waals surface area contributed by atoms with Gasteiger partial charge in [-0.15, -0.1) is 0 Å². The van der Waals surface area contributed by atoms with Gasteiger partial charge < -0.3 is 18.9 Å². The predicted octanol–water partition coefficient (Wildman–Crippen LogP) is 4.24. The van der Waals surface area contributed by atoms with E-state index in [1.165, 1.54) is 11.0 Å². The molecule has 1 fully saturated rings. The molecule has 1 aromatic carbocycles. The molecule has 1 saturated carbocycles. The molecule has 0 N–H and O–H groups in total. The number of hydrogen-bond acceptors (Lipinski definition) is 6. The quantitative estimate of drug-likeness (QED) is 0.337. The van der Waals surface area contributed by atoms with Crippen molar-refractivity contribution in [2.24, 2.45) is 0 Å². The Labute approximate surface area is 206 Å². The first kappa shape index (κ1) is 25.6. The lowest BCUT2D eigenvalue weighted by molar-refractivity contribution is -0.150. The van der Waals surface area contributed by atoms with E-state index in [-0.39, 0.29) is 5.57 Å². The number of likely N-dealkylation sites (N-methyl/N-ethyl adjacent to an activating group) is 1. The van der Waals surface area contributed by atoms with Crippen LogP contribution in [0.25, 0.3) is 11.8 Å². The monoisotopic (exact) mass is 474 g/mol. The molecule has 1 aliphatic rings. The second kappa shape index (κ2) is 10.9. The Morgan fingerprint density at radius 1 is 1.14 bits per heavy atom. The average molecular weight is 475 g/mol. The molecular formula is C27H30N4O4. The number of aromatic nitrogens is 1. The Balaban J connectivity index is 1.74. The highest BCUT2D eigenvalue weighted by Crippen LogP contribution is 2.32. The maximum absolute atomic E-state index is 12.7. The fourth-order valence-electron chi connectivity index (χ4n) is 4.55. The van der Waals surface area contributed by atoms with Crippen LogP contribution in [0.3, 0.4) is 0 Å². The molecule has 8 heteroatoms. The molecule has 35 heavy (non-hydrogen) atoms. The lowest BCUT2D eigenvalue weighted by Crippen LogP contribution is -2.51. The molecule has 1 aliphatic carbocycles. The first-order valence-corrected chi connectivity index (χ1v) is 11.6. The molecular weight excluding hydrogens is 444 g/mol. The van der Waals surface area contributed by atoms with Crippen molar-refractivity contribution in [2.75, 3.05) is 20.8 Å². The Morgan fingerprint density at radius 3 is 2.37 bits per heavy atom. The van der Waals surface area contributed by atoms with Crippen molar-refractivity contribution in [1.82, 2.24) is 9.47 Å². The molecule has 3 rings (SSSR count). The SMILES string of the molecule is COc1ccc(-n2c(C)cc(/C=C(\C#N)C(=O)OCC(=O)N(C)C3(C#N)CCCCC3)c2C)cc1. The van der Waals surface area contributed by atoms with Crippen LogP contribution in [-0.4, -0.2) is 47.6 Å². The smallest absolute Gasteiger partial charge is 0.349 e. The van der Waals surface area contributed by atoms with Gasteiger partial charge >= 0.3 is 5.97 Å². The highest BCUT2D eigenvalue weighted by atomic mass is 16.5. The number of carbonyl (C=O) groups is 2. The number of hydrogen-bond donors (Lipinski definition) is 0. The minimum absolute atomic E-state index is 0.205. The van der Waals surface area contributed by atoms with Gasteiger partial charge in [-0.25, -0.2) is 4.79 Å². The van der Waals surface area contributed by atoms with Crippen LogP contribution in [0.4, 0.5) is 0 Å². The van der Waals surface area contributed by atoms with Crippen LogP contribution >= 0.6 is 0 Å². The topological polar surface area (TPSA) is 108 Å². The molecule has 1 heterocycles. The summed E-state index contributed by atoms with van der Waals surface area (Å²) >= 11 is 0. The number of ether oxygens (including phenoxy) is 2. The summed E-state index contributed by atoms with van der Waals surface area (Å²) in [6, 6.07) is 13.6. The van der Waals surface area contributed by atoms with Crippen molar-refractivity contribution in [3.05, 3.63) is 52.9 Å². The lowest BCUT2D eigenvalue weighted by Gasteiger charge is -2.38. The van der Waals surface area contributed by atoms with Gasteiger partial charge in [0.1, 0.15) is 22.9 Å². The minimum atomic E-state index is -0.877. The van der Waals surface area contributed by atoms with Crippen molar-refractivity contribution < 1.29 is 19.1 Å². The molecule has 0 saturated heterocycles. The van der Waals surface area contributed by atoms with Gasteiger partial charge in [-0.2, -0.15) is 10.5 Å². The van der Waals surface area contributed by atoms with E-state index >= 15 is 0 Å². The molecule has 1 aromatic heterocycles. The van der Waals surface area contributed by atoms with Gasteiger partial charge in [0.25, 0.3) is 5.91 Å². The van der Waals surface area contributed by atoms with Crippen LogP contribution in [0.1, 0.15) is 49.1 Å². The fourth-order valence-corrected chi connectivity index (χ4v) is 4.55. The number of carbonyl (C=O) groups excluding carboxylic acids is 2. The van der Waals surface area contributed by atoms with Crippen molar-refractivity contribution in [2.45, 2.75) is 51.5 Å². The van der Waals surface area contributed by atoms with E-state index in [0.717, 1.165) is 42.1 Å². The summed E-state index contributed by atoms with van der Waals surface area (Å²) in [5.74, 6) is -0.592. The van der Waals surface area contributed by atoms with Gasteiger partial charge in [0.15, 0.2) is 6.61 Å². The third-order valence-corrected chi connectivity index (χ3v) is 6.67. The molecule has 0 bridgehead atoms. The van der Waals surface area contributed by atoms with E-state index in [1.807, 2.05) is 54.8 Å². The standard InChI is InChI=1S/C27H30N4O4/c1-19-14-21(20(2)31(19)23-8-10-24(34-4)11-9-23)15-22(16-28)26(33)35-17-25(32)30(3)27(18-29)12-6-5-7-13-27/h8-11,14-15H,5-7,12-13,17H2,1-4H3/b22-15+. The van der Waals surface area contributed by atoms with Crippen molar-refractivity contribution >= 4 is 18.0 Å². The zero-order valence-corrected chi connectivity index (χ0v) is 20.6. The summed E-state index contributed by atoms with van der Waals surface area (Å²) in [7, 11) is 3.18. The molecule has 1 amide bonds. The Kier molecular flexibility index (Phi) is 7.98. The maximum atomic E-state index is 12.7. The van der Waals surface area contributed by atoms with E-state index in [2.05, 4.69) is 6.07 Å². The number of methoxy groups -OCH3 is 1. The first-order valence-electron chi connectivity index (χ1n) is 11.6. The van der Waals surface area contributed by atoms with E-state index in [0.29, 0.717) is 18.4 Å². The van der Waals surface area contributed by atoms with E-state index in [1.54, 1.807) is 14.2 Å². The number of nitrogens with zero attached hydrogens (tertiary/aromatic N) is 4. The first-order chi connectivity index (χ1) is 16.8. The summed E-state index contributed by atoms with van der Waals surface area (Å²) in [5, 5.41) is 19.3. The number of esters is 1. The zero-order valence-electron chi connectivity index (χ0n) is 20.6. The van der Waals surface area contributed by atoms with Crippen molar-refractivity contribution in [3.63, 3.8) is 0 Å². The molecule has 0 atom stereocenters. The van der Waals surface area contributed by atoms with Gasteiger partial charge in [0.2, 0.25) is 0 Å². The number of amides is 1. The normalized spacial score (nSPS) is 15.0. The molecule has 8 nitrogen and oxygen atoms in total. The second-order valence-corrected chi connectivity index (χ2v) is 8.76. The molecule has 0 unspecified atom stereocenters. The largest absolute Gasteiger partial charge is 0.497 e. The van der Waals surface area contributed by atoms with Crippen LogP contribution in [0.5, 0.6) is 5.75 Å². The van der Waals surface area contributed by atoms with E-state index in [9.17, 15) is 20.1 Å². The van der Waals surface area contributed by atoms with Gasteiger partial charge in [-0.05, 0) is 68.7 Å². The number of rotatable bonds is 7. The average Bonchev–Trinajstić information content (AvgIpc) is 3.17. The van der Waals surface area contributed by atoms with Gasteiger partial charge in [0.05, 0.1) is 13.2 Å². The molecule has 2 aromatic rings. The van der Waals surface area contributed by atoms with Crippen LogP contribution in [0, 0.1) is 36.5 Å². The zero-order chi connectivity index (χ0) is 25.6. The Bertz CT molecular complexity index is 1210. The number of nitriles is 2. The van der Waals surface area contributed by atoms with Gasteiger partial charge in [-0.3, -0.25) is 4.79 Å². The molecule has 0 aliphatic heterocycles. The van der Waals surface area contributed by atoms with Crippen molar-refractivity contribution in [3.8, 4) is 23.6 Å². The minimum Gasteiger partial charge on any atom is -0.497 e. The summed E-state index contributed by atoms with van der Waals surface area (Å²) in [6.45, 7) is 3.31. The highest BCUT2D eigenvalue weighted by Gasteiger charge is 2.39. The summed E-state index contributed by atoms with van der Waals surface area (Å²) in [6.07, 6.45) is 5.47. The van der Waals surface area contributed by atoms with Crippen LogP contribution in [-0.2, 0) is 14.3 Å². The number of aryl methyl sites for hydroxylation is 1. The van der Waals surface area contributed by atoms with Crippen LogP contribution < -0.4 is 4.74 Å². The Morgan fingerprint density at radius 2 is 1.80 bits per heavy atom. The second-order valence-electron chi connectivity index (χ2n) is 8.76. The van der Waals surface area contributed by atoms with Crippen LogP contribution in [0.2, 0.25) is 0 Å². The molecule has 0 radical (unpaired) electrons. The Hall–Kier alpha value is -4.04. The van der Waals surface area contributed by atoms with Gasteiger partial charge in [0, 0.05) is 24.1 Å². The number of benzene rings is 1. The lowest BCUT2D eigenvalue weighted by atomic mass is 9.81. The third-order valence-electron chi connectivity index (χ3n) is 6.67. The maximum Gasteiger partial charge on any atom is 0.349 e. The van der Waals surface area contributed by atoms with E-state index in [4.69, 9.17) is 9.47 Å². The summed E-state index contributed by atoms with van der Waals surface area (Å²) < 4.78 is 12.4. The molecule has 0 spiro atoms. The summed E-state index contributed by atoms with van der Waals surface area (Å²) in [4.78, 5) is 26.7. The van der Waals surface area contributed by atoms with Crippen LogP contribution in [0.15, 0.2) is 35.9 Å². The van der Waals surface area contributed by atoms with Crippen molar-refractivity contribution in [1.29, 1.82) is 10.5 Å². The molecule has 182 valence electrons.